The molecule has 3 heterocycles. The molecule has 6 rings (SSSR count). The molecule has 166 valence electrons. The molecule has 0 spiro atoms. The molecule has 0 aliphatic carbocycles. The van der Waals surface area contributed by atoms with Gasteiger partial charge < -0.3 is 15.2 Å². The van der Waals surface area contributed by atoms with Gasteiger partial charge in [0.1, 0.15) is 12.0 Å². The van der Waals surface area contributed by atoms with Crippen molar-refractivity contribution in [3.63, 3.8) is 0 Å². The van der Waals surface area contributed by atoms with E-state index in [9.17, 15) is 4.79 Å². The Hall–Kier alpha value is -4.16. The lowest BCUT2D eigenvalue weighted by Gasteiger charge is -2.27. The maximum atomic E-state index is 13.3. The number of anilines is 1. The quantitative estimate of drug-likeness (QED) is 0.331. The second-order valence-corrected chi connectivity index (χ2v) is 8.62. The number of hydrogen-bond donors (Lipinski definition) is 2. The van der Waals surface area contributed by atoms with Crippen molar-refractivity contribution in [1.29, 1.82) is 0 Å². The standard InChI is InChI=1S/C27H20ClN5O/c28-22-10-4-1-6-18(22)16-33-26(20-8-2-3-9-21(20)27(33)34)30-19-11-12-23-24(14-19)32-25(31-23)17-7-5-13-29-15-17/h1-15,26,30H,16H2,(H,31,32). The number of carbonyl (C=O) groups excluding carboxylic acids is 1. The zero-order valence-corrected chi connectivity index (χ0v) is 18.8. The fourth-order valence-electron chi connectivity index (χ4n) is 4.40. The van der Waals surface area contributed by atoms with Crippen molar-refractivity contribution >= 4 is 34.2 Å². The Kier molecular flexibility index (Phi) is 5.00. The lowest BCUT2D eigenvalue weighted by Crippen LogP contribution is -2.32. The highest BCUT2D eigenvalue weighted by atomic mass is 35.5. The summed E-state index contributed by atoms with van der Waals surface area (Å²) in [6.45, 7) is 0.405. The Morgan fingerprint density at radius 3 is 2.71 bits per heavy atom. The van der Waals surface area contributed by atoms with E-state index in [1.807, 2.05) is 83.8 Å². The van der Waals surface area contributed by atoms with Crippen LogP contribution >= 0.6 is 11.6 Å². The molecule has 0 radical (unpaired) electrons. The normalized spacial score (nSPS) is 15.0. The number of halogens is 1. The summed E-state index contributed by atoms with van der Waals surface area (Å²) in [6, 6.07) is 25.2. The molecule has 3 aromatic carbocycles. The Balaban J connectivity index is 1.35. The number of carbonyl (C=O) groups is 1. The van der Waals surface area contributed by atoms with Crippen LogP contribution in [-0.2, 0) is 6.54 Å². The van der Waals surface area contributed by atoms with Crippen LogP contribution < -0.4 is 5.32 Å². The number of aromatic nitrogens is 3. The van der Waals surface area contributed by atoms with E-state index >= 15 is 0 Å². The molecule has 2 N–H and O–H groups in total. The van der Waals surface area contributed by atoms with Gasteiger partial charge in [0, 0.05) is 46.3 Å². The van der Waals surface area contributed by atoms with E-state index in [1.165, 1.54) is 0 Å². The van der Waals surface area contributed by atoms with Crippen LogP contribution in [0.25, 0.3) is 22.4 Å². The van der Waals surface area contributed by atoms with Gasteiger partial charge in [0.2, 0.25) is 0 Å². The molecular formula is C27H20ClN5O. The van der Waals surface area contributed by atoms with Crippen LogP contribution in [0.5, 0.6) is 0 Å². The van der Waals surface area contributed by atoms with Crippen molar-refractivity contribution in [2.24, 2.45) is 0 Å². The minimum Gasteiger partial charge on any atom is -0.361 e. The van der Waals surface area contributed by atoms with E-state index < -0.39 is 0 Å². The molecule has 5 aromatic rings. The van der Waals surface area contributed by atoms with Gasteiger partial charge >= 0.3 is 0 Å². The minimum absolute atomic E-state index is 0.0190. The summed E-state index contributed by atoms with van der Waals surface area (Å²) in [5, 5.41) is 4.21. The van der Waals surface area contributed by atoms with Crippen LogP contribution in [0.4, 0.5) is 5.69 Å². The number of pyridine rings is 1. The summed E-state index contributed by atoms with van der Waals surface area (Å²) >= 11 is 6.41. The minimum atomic E-state index is -0.321. The van der Waals surface area contributed by atoms with Crippen LogP contribution in [0.3, 0.4) is 0 Å². The summed E-state index contributed by atoms with van der Waals surface area (Å²) in [5.74, 6) is 0.747. The van der Waals surface area contributed by atoms with Gasteiger partial charge in [-0.2, -0.15) is 0 Å². The van der Waals surface area contributed by atoms with Crippen molar-refractivity contribution < 1.29 is 4.79 Å². The highest BCUT2D eigenvalue weighted by Crippen LogP contribution is 2.36. The number of H-pyrrole nitrogens is 1. The molecule has 1 amide bonds. The predicted molar refractivity (Wildman–Crippen MR) is 133 cm³/mol. The largest absolute Gasteiger partial charge is 0.361 e. The van der Waals surface area contributed by atoms with E-state index in [-0.39, 0.29) is 12.1 Å². The van der Waals surface area contributed by atoms with E-state index in [2.05, 4.69) is 20.3 Å². The van der Waals surface area contributed by atoms with Crippen LogP contribution in [-0.4, -0.2) is 25.8 Å². The predicted octanol–water partition coefficient (Wildman–Crippen LogP) is 6.05. The summed E-state index contributed by atoms with van der Waals surface area (Å²) in [6.07, 6.45) is 3.20. The molecule has 34 heavy (non-hydrogen) atoms. The van der Waals surface area contributed by atoms with Gasteiger partial charge in [-0.15, -0.1) is 0 Å². The Bertz CT molecular complexity index is 1510. The molecule has 2 aromatic heterocycles. The Morgan fingerprint density at radius 1 is 1.00 bits per heavy atom. The first-order chi connectivity index (χ1) is 16.7. The first-order valence-electron chi connectivity index (χ1n) is 11.0. The molecule has 0 fully saturated rings. The third-order valence-corrected chi connectivity index (χ3v) is 6.45. The third-order valence-electron chi connectivity index (χ3n) is 6.08. The number of fused-ring (bicyclic) bond motifs is 2. The zero-order chi connectivity index (χ0) is 23.1. The number of hydrogen-bond acceptors (Lipinski definition) is 4. The molecule has 1 aliphatic rings. The molecule has 7 heteroatoms. The molecule has 0 saturated heterocycles. The van der Waals surface area contributed by atoms with Gasteiger partial charge in [0.05, 0.1) is 11.0 Å². The van der Waals surface area contributed by atoms with Crippen molar-refractivity contribution in [3.8, 4) is 11.4 Å². The van der Waals surface area contributed by atoms with Crippen LogP contribution in [0, 0.1) is 0 Å². The first kappa shape index (κ1) is 20.4. The highest BCUT2D eigenvalue weighted by molar-refractivity contribution is 6.31. The monoisotopic (exact) mass is 465 g/mol. The highest BCUT2D eigenvalue weighted by Gasteiger charge is 2.36. The van der Waals surface area contributed by atoms with Crippen LogP contribution in [0.15, 0.2) is 91.3 Å². The summed E-state index contributed by atoms with van der Waals surface area (Å²) in [5.41, 5.74) is 6.12. The molecule has 0 saturated carbocycles. The van der Waals surface area contributed by atoms with E-state index in [0.717, 1.165) is 39.2 Å². The Morgan fingerprint density at radius 2 is 1.85 bits per heavy atom. The van der Waals surface area contributed by atoms with E-state index in [4.69, 9.17) is 11.6 Å². The first-order valence-corrected chi connectivity index (χ1v) is 11.4. The fraction of sp³-hybridized carbons (Fsp3) is 0.0741. The van der Waals surface area contributed by atoms with Crippen LogP contribution in [0.2, 0.25) is 5.02 Å². The van der Waals surface area contributed by atoms with Gasteiger partial charge in [0.25, 0.3) is 5.91 Å². The number of rotatable bonds is 5. The molecule has 1 atom stereocenters. The number of nitrogens with one attached hydrogen (secondary N) is 2. The SMILES string of the molecule is O=C1c2ccccc2C(Nc2ccc3nc(-c4cccnc4)[nH]c3c2)N1Cc1ccccc1Cl. The lowest BCUT2D eigenvalue weighted by atomic mass is 10.1. The maximum absolute atomic E-state index is 13.3. The number of benzene rings is 3. The molecule has 1 aliphatic heterocycles. The summed E-state index contributed by atoms with van der Waals surface area (Å²) in [4.78, 5) is 27.4. The molecular weight excluding hydrogens is 446 g/mol. The van der Waals surface area contributed by atoms with Gasteiger partial charge in [-0.05, 0) is 48.0 Å². The van der Waals surface area contributed by atoms with Gasteiger partial charge in [-0.3, -0.25) is 9.78 Å². The van der Waals surface area contributed by atoms with E-state index in [0.29, 0.717) is 17.1 Å². The maximum Gasteiger partial charge on any atom is 0.256 e. The third kappa shape index (κ3) is 3.58. The fourth-order valence-corrected chi connectivity index (χ4v) is 4.59. The summed E-state index contributed by atoms with van der Waals surface area (Å²) in [7, 11) is 0. The van der Waals surface area contributed by atoms with E-state index in [1.54, 1.807) is 12.4 Å². The average Bonchev–Trinajstić information content (AvgIpc) is 3.41. The topological polar surface area (TPSA) is 73.9 Å². The molecule has 1 unspecified atom stereocenters. The van der Waals surface area contributed by atoms with Crippen molar-refractivity contribution in [1.82, 2.24) is 19.9 Å². The van der Waals surface area contributed by atoms with Gasteiger partial charge in [-0.1, -0.05) is 48.0 Å². The Labute approximate surface area is 201 Å². The molecule has 6 nitrogen and oxygen atoms in total. The second-order valence-electron chi connectivity index (χ2n) is 8.22. The van der Waals surface area contributed by atoms with Crippen molar-refractivity contribution in [3.05, 3.63) is 113 Å². The smallest absolute Gasteiger partial charge is 0.256 e. The number of aromatic amines is 1. The van der Waals surface area contributed by atoms with Crippen molar-refractivity contribution in [2.75, 3.05) is 5.32 Å². The zero-order valence-electron chi connectivity index (χ0n) is 18.1. The van der Waals surface area contributed by atoms with Crippen molar-refractivity contribution in [2.45, 2.75) is 12.7 Å². The number of imidazole rings is 1. The number of nitrogens with zero attached hydrogens (tertiary/aromatic N) is 3. The van der Waals surface area contributed by atoms with Gasteiger partial charge in [0.15, 0.2) is 0 Å². The second kappa shape index (κ2) is 8.32. The van der Waals surface area contributed by atoms with Gasteiger partial charge in [-0.25, -0.2) is 4.98 Å². The average molecular weight is 466 g/mol. The summed E-state index contributed by atoms with van der Waals surface area (Å²) < 4.78 is 0. The number of amides is 1. The lowest BCUT2D eigenvalue weighted by molar-refractivity contribution is 0.0729. The van der Waals surface area contributed by atoms with Crippen LogP contribution in [0.1, 0.15) is 27.7 Å². The molecule has 0 bridgehead atoms.